The van der Waals surface area contributed by atoms with E-state index < -0.39 is 34.4 Å². The molecule has 0 radical (unpaired) electrons. The zero-order chi connectivity index (χ0) is 35.6. The van der Waals surface area contributed by atoms with Crippen LogP contribution in [0.15, 0.2) is 95.9 Å². The largest absolute Gasteiger partial charge is 0.497 e. The highest BCUT2D eigenvalue weighted by Crippen LogP contribution is 2.38. The van der Waals surface area contributed by atoms with Crippen molar-refractivity contribution in [2.45, 2.75) is 23.9 Å². The zero-order valence-corrected chi connectivity index (χ0v) is 29.2. The van der Waals surface area contributed by atoms with E-state index in [2.05, 4.69) is 5.32 Å². The number of hydrogen-bond acceptors (Lipinski definition) is 9. The van der Waals surface area contributed by atoms with Gasteiger partial charge in [-0.3, -0.25) is 13.9 Å². The number of nitrogens with zero attached hydrogens (tertiary/aromatic N) is 2. The number of hydrogen-bond donors (Lipinski definition) is 1. The second-order valence-corrected chi connectivity index (χ2v) is 12.6. The lowest BCUT2D eigenvalue weighted by molar-refractivity contribution is -0.139. The first-order valence-corrected chi connectivity index (χ1v) is 16.7. The number of sulfonamides is 1. The molecule has 4 aromatic rings. The minimum Gasteiger partial charge on any atom is -0.497 e. The van der Waals surface area contributed by atoms with Crippen molar-refractivity contribution >= 4 is 27.5 Å². The second-order valence-electron chi connectivity index (χ2n) is 10.8. The summed E-state index contributed by atoms with van der Waals surface area (Å²) in [5.41, 5.74) is 1.53. The van der Waals surface area contributed by atoms with Gasteiger partial charge >= 0.3 is 0 Å². The normalized spacial score (nSPS) is 11.6. The lowest BCUT2D eigenvalue weighted by atomic mass is 10.0. The van der Waals surface area contributed by atoms with Gasteiger partial charge < -0.3 is 33.9 Å². The zero-order valence-electron chi connectivity index (χ0n) is 28.3. The molecule has 1 N–H and O–H groups in total. The Balaban J connectivity index is 1.89. The number of benzene rings is 4. The predicted octanol–water partition coefficient (Wildman–Crippen LogP) is 4.31. The van der Waals surface area contributed by atoms with E-state index in [-0.39, 0.29) is 35.0 Å². The summed E-state index contributed by atoms with van der Waals surface area (Å²) >= 11 is 0. The highest BCUT2D eigenvalue weighted by molar-refractivity contribution is 7.92. The lowest BCUT2D eigenvalue weighted by Gasteiger charge is -2.34. The van der Waals surface area contributed by atoms with Crippen molar-refractivity contribution in [2.24, 2.45) is 0 Å². The third-order valence-electron chi connectivity index (χ3n) is 7.88. The summed E-state index contributed by atoms with van der Waals surface area (Å²) in [7, 11) is 4.19. The van der Waals surface area contributed by atoms with Crippen molar-refractivity contribution in [3.8, 4) is 28.7 Å². The third kappa shape index (κ3) is 8.54. The van der Waals surface area contributed by atoms with Crippen LogP contribution in [0.2, 0.25) is 0 Å². The standard InChI is InChI=1S/C36H41N3O9S/c1-37-36(41)31(20-25-11-8-7-9-12-25)38(23-26-13-10-14-27(19-26)44-2)35(40)24-39(30-21-28(45-3)15-17-32(30)46-4)49(42,43)29-16-18-33(47-5)34(22-29)48-6/h7-19,21-22,31H,20,23-24H2,1-6H3,(H,37,41). The number of amides is 2. The minimum atomic E-state index is -4.50. The molecule has 2 amide bonds. The number of carbonyl (C=O) groups excluding carboxylic acids is 2. The maximum absolute atomic E-state index is 14.7. The Morgan fingerprint density at radius 3 is 1.96 bits per heavy atom. The van der Waals surface area contributed by atoms with E-state index in [9.17, 15) is 18.0 Å². The van der Waals surface area contributed by atoms with Crippen molar-refractivity contribution in [3.05, 3.63) is 102 Å². The van der Waals surface area contributed by atoms with Crippen LogP contribution >= 0.6 is 0 Å². The molecule has 1 unspecified atom stereocenters. The van der Waals surface area contributed by atoms with Crippen LogP contribution in [0.3, 0.4) is 0 Å². The monoisotopic (exact) mass is 691 g/mol. The molecule has 0 bridgehead atoms. The topological polar surface area (TPSA) is 133 Å². The molecule has 0 fully saturated rings. The second kappa shape index (κ2) is 16.6. The van der Waals surface area contributed by atoms with Crippen LogP contribution in [0, 0.1) is 0 Å². The van der Waals surface area contributed by atoms with Crippen LogP contribution in [-0.4, -0.2) is 80.3 Å². The summed E-state index contributed by atoms with van der Waals surface area (Å²) in [4.78, 5) is 29.4. The number of rotatable bonds is 16. The molecule has 0 aliphatic carbocycles. The third-order valence-corrected chi connectivity index (χ3v) is 9.64. The van der Waals surface area contributed by atoms with Crippen molar-refractivity contribution < 1.29 is 41.7 Å². The molecule has 0 aliphatic rings. The molecule has 49 heavy (non-hydrogen) atoms. The van der Waals surface area contributed by atoms with Gasteiger partial charge in [0.2, 0.25) is 11.8 Å². The summed E-state index contributed by atoms with van der Waals surface area (Å²) in [6.45, 7) is -0.729. The number of likely N-dealkylation sites (N-methyl/N-ethyl adjacent to an activating group) is 1. The molecule has 0 heterocycles. The summed E-state index contributed by atoms with van der Waals surface area (Å²) in [6, 6.07) is 24.1. The quantitative estimate of drug-likeness (QED) is 0.183. The van der Waals surface area contributed by atoms with Crippen molar-refractivity contribution in [1.29, 1.82) is 0 Å². The van der Waals surface area contributed by atoms with Crippen molar-refractivity contribution in [3.63, 3.8) is 0 Å². The average Bonchev–Trinajstić information content (AvgIpc) is 3.14. The molecule has 13 heteroatoms. The van der Waals surface area contributed by atoms with Crippen LogP contribution in [0.5, 0.6) is 28.7 Å². The van der Waals surface area contributed by atoms with E-state index in [1.165, 1.54) is 71.8 Å². The molecule has 0 spiro atoms. The van der Waals surface area contributed by atoms with Crippen LogP contribution in [0.25, 0.3) is 0 Å². The first-order valence-electron chi connectivity index (χ1n) is 15.2. The molecule has 4 rings (SSSR count). The Morgan fingerprint density at radius 2 is 1.33 bits per heavy atom. The van der Waals surface area contributed by atoms with Gasteiger partial charge in [0.1, 0.15) is 29.8 Å². The molecule has 0 saturated carbocycles. The molecule has 4 aromatic carbocycles. The van der Waals surface area contributed by atoms with Gasteiger partial charge in [0.05, 0.1) is 46.1 Å². The number of carbonyl (C=O) groups is 2. The first-order chi connectivity index (χ1) is 23.6. The van der Waals surface area contributed by atoms with Gasteiger partial charge in [-0.1, -0.05) is 42.5 Å². The fraction of sp³-hybridized carbons (Fsp3) is 0.278. The Morgan fingerprint density at radius 1 is 0.694 bits per heavy atom. The van der Waals surface area contributed by atoms with Crippen molar-refractivity contribution in [2.75, 3.05) is 53.4 Å². The molecular weight excluding hydrogens is 650 g/mol. The Labute approximate surface area is 287 Å². The van der Waals surface area contributed by atoms with E-state index in [0.29, 0.717) is 22.8 Å². The van der Waals surface area contributed by atoms with E-state index >= 15 is 0 Å². The number of methoxy groups -OCH3 is 5. The van der Waals surface area contributed by atoms with Gasteiger partial charge in [0, 0.05) is 32.1 Å². The highest BCUT2D eigenvalue weighted by atomic mass is 32.2. The first kappa shape index (κ1) is 36.4. The number of anilines is 1. The van der Waals surface area contributed by atoms with E-state index in [4.69, 9.17) is 23.7 Å². The van der Waals surface area contributed by atoms with E-state index in [0.717, 1.165) is 9.87 Å². The van der Waals surface area contributed by atoms with E-state index in [1.807, 2.05) is 30.3 Å². The van der Waals surface area contributed by atoms with Crippen LogP contribution in [-0.2, 0) is 32.6 Å². The fourth-order valence-corrected chi connectivity index (χ4v) is 6.73. The maximum Gasteiger partial charge on any atom is 0.265 e. The molecule has 1 atom stereocenters. The molecule has 0 saturated heterocycles. The van der Waals surface area contributed by atoms with Gasteiger partial charge in [-0.05, 0) is 47.5 Å². The lowest BCUT2D eigenvalue weighted by Crippen LogP contribution is -2.53. The minimum absolute atomic E-state index is 0.0273. The Hall–Kier alpha value is -5.43. The molecular formula is C36H41N3O9S. The van der Waals surface area contributed by atoms with Gasteiger partial charge in [-0.15, -0.1) is 0 Å². The van der Waals surface area contributed by atoms with Gasteiger partial charge in [-0.25, -0.2) is 8.42 Å². The molecule has 12 nitrogen and oxygen atoms in total. The summed E-state index contributed by atoms with van der Waals surface area (Å²) < 4.78 is 57.2. The Kier molecular flexibility index (Phi) is 12.3. The number of ether oxygens (including phenoxy) is 5. The van der Waals surface area contributed by atoms with Gasteiger partial charge in [0.25, 0.3) is 10.0 Å². The van der Waals surface area contributed by atoms with Crippen LogP contribution in [0.4, 0.5) is 5.69 Å². The van der Waals surface area contributed by atoms with Crippen LogP contribution in [0.1, 0.15) is 11.1 Å². The molecule has 0 aromatic heterocycles. The highest BCUT2D eigenvalue weighted by Gasteiger charge is 2.36. The smallest absolute Gasteiger partial charge is 0.265 e. The Bertz CT molecular complexity index is 1850. The van der Waals surface area contributed by atoms with E-state index in [1.54, 1.807) is 36.4 Å². The number of nitrogens with one attached hydrogen (secondary N) is 1. The van der Waals surface area contributed by atoms with Crippen LogP contribution < -0.4 is 33.3 Å². The molecule has 0 aliphatic heterocycles. The van der Waals surface area contributed by atoms with Crippen molar-refractivity contribution in [1.82, 2.24) is 10.2 Å². The van der Waals surface area contributed by atoms with Gasteiger partial charge in [-0.2, -0.15) is 0 Å². The molecule has 260 valence electrons. The summed E-state index contributed by atoms with van der Waals surface area (Å²) in [5.74, 6) is 0.481. The fourth-order valence-electron chi connectivity index (χ4n) is 5.30. The predicted molar refractivity (Wildman–Crippen MR) is 185 cm³/mol. The maximum atomic E-state index is 14.7. The summed E-state index contributed by atoms with van der Waals surface area (Å²) in [6.07, 6.45) is 0.168. The van der Waals surface area contributed by atoms with Gasteiger partial charge in [0.15, 0.2) is 11.5 Å². The average molecular weight is 692 g/mol. The SMILES string of the molecule is CNC(=O)C(Cc1ccccc1)N(Cc1cccc(OC)c1)C(=O)CN(c1cc(OC)ccc1OC)S(=O)(=O)c1ccc(OC)c(OC)c1. The summed E-state index contributed by atoms with van der Waals surface area (Å²) in [5, 5.41) is 2.68.